The molecule has 0 spiro atoms. The Bertz CT molecular complexity index is 1750. The molecule has 0 aliphatic heterocycles. The number of benzene rings is 4. The van der Waals surface area contributed by atoms with Crippen LogP contribution in [0.3, 0.4) is 0 Å². The minimum atomic E-state index is -1.06. The first-order valence-electron chi connectivity index (χ1n) is 14.6. The third-order valence-electron chi connectivity index (χ3n) is 6.73. The van der Waals surface area contributed by atoms with Gasteiger partial charge in [0.05, 0.1) is 19.1 Å². The van der Waals surface area contributed by atoms with E-state index >= 15 is 0 Å². The van der Waals surface area contributed by atoms with E-state index in [9.17, 15) is 24.3 Å². The molecule has 0 heterocycles. The van der Waals surface area contributed by atoms with Gasteiger partial charge in [0.2, 0.25) is 11.8 Å². The monoisotopic (exact) mass is 620 g/mol. The fourth-order valence-corrected chi connectivity index (χ4v) is 4.64. The Morgan fingerprint density at radius 1 is 0.804 bits per heavy atom. The number of methoxy groups -OCH3 is 1. The predicted octanol–water partition coefficient (Wildman–Crippen LogP) is 7.38. The Morgan fingerprint density at radius 3 is 1.91 bits per heavy atom. The van der Waals surface area contributed by atoms with E-state index in [1.54, 1.807) is 78.9 Å². The maximum atomic E-state index is 12.8. The molecule has 2 N–H and O–H groups in total. The third kappa shape index (κ3) is 8.92. The van der Waals surface area contributed by atoms with E-state index in [-0.39, 0.29) is 23.8 Å². The number of nitrogens with zero attached hydrogens (tertiary/aromatic N) is 1. The van der Waals surface area contributed by atoms with E-state index in [1.807, 2.05) is 45.1 Å². The van der Waals surface area contributed by atoms with Crippen molar-refractivity contribution in [2.24, 2.45) is 0 Å². The zero-order valence-electron chi connectivity index (χ0n) is 26.4. The quantitative estimate of drug-likeness (QED) is 0.140. The van der Waals surface area contributed by atoms with E-state index in [0.29, 0.717) is 33.9 Å². The summed E-state index contributed by atoms with van der Waals surface area (Å²) in [5, 5.41) is 12.5. The Balaban J connectivity index is 1.36. The first-order valence-corrected chi connectivity index (χ1v) is 14.6. The Labute approximate surface area is 268 Å². The van der Waals surface area contributed by atoms with Crippen LogP contribution in [0, 0.1) is 0 Å². The van der Waals surface area contributed by atoms with Gasteiger partial charge >= 0.3 is 11.9 Å². The Kier molecular flexibility index (Phi) is 10.4. The van der Waals surface area contributed by atoms with Gasteiger partial charge in [0.25, 0.3) is 0 Å². The van der Waals surface area contributed by atoms with Crippen molar-refractivity contribution >= 4 is 53.0 Å². The molecule has 0 aliphatic carbocycles. The van der Waals surface area contributed by atoms with Gasteiger partial charge in [0, 0.05) is 24.0 Å². The van der Waals surface area contributed by atoms with Crippen molar-refractivity contribution in [1.82, 2.24) is 0 Å². The molecule has 46 heavy (non-hydrogen) atoms. The number of esters is 1. The summed E-state index contributed by atoms with van der Waals surface area (Å²) in [7, 11) is 1.31. The van der Waals surface area contributed by atoms with Crippen LogP contribution >= 0.6 is 0 Å². The fourth-order valence-electron chi connectivity index (χ4n) is 4.64. The van der Waals surface area contributed by atoms with E-state index < -0.39 is 17.5 Å². The van der Waals surface area contributed by atoms with Crippen LogP contribution < -0.4 is 15.0 Å². The maximum absolute atomic E-state index is 12.8. The first kappa shape index (κ1) is 33.2. The number of carboxylic acid groups (broad SMARTS) is 1. The standard InChI is InChI=1S/C37H36N2O7/c1-24(40)39(31-19-13-28(14-20-31)36(44)45-5)30-17-10-27(11-18-30)23-34(41)38-29-15-8-25(9-16-29)6-7-26-12-21-33(46-37(2,3)4)32(22-26)35(42)43/h6-22H,23H2,1-5H3,(H,38,41)(H,42,43). The molecule has 0 aromatic heterocycles. The lowest BCUT2D eigenvalue weighted by Crippen LogP contribution is -2.24. The number of carbonyl (C=O) groups excluding carboxylic acids is 3. The van der Waals surface area contributed by atoms with Crippen molar-refractivity contribution < 1.29 is 33.8 Å². The van der Waals surface area contributed by atoms with Crippen LogP contribution in [0.15, 0.2) is 91.0 Å². The molecule has 0 atom stereocenters. The number of anilines is 3. The maximum Gasteiger partial charge on any atom is 0.339 e. The normalized spacial score (nSPS) is 11.2. The lowest BCUT2D eigenvalue weighted by atomic mass is 10.1. The van der Waals surface area contributed by atoms with Crippen LogP contribution in [0.5, 0.6) is 5.75 Å². The molecule has 4 aromatic rings. The Hall–Kier alpha value is -5.70. The van der Waals surface area contributed by atoms with Crippen molar-refractivity contribution in [3.05, 3.63) is 119 Å². The van der Waals surface area contributed by atoms with E-state index in [2.05, 4.69) is 5.32 Å². The van der Waals surface area contributed by atoms with Gasteiger partial charge in [-0.05, 0) is 98.1 Å². The molecular formula is C37H36N2O7. The van der Waals surface area contributed by atoms with Crippen LogP contribution in [0.25, 0.3) is 12.2 Å². The molecular weight excluding hydrogens is 584 g/mol. The molecule has 2 amide bonds. The second-order valence-corrected chi connectivity index (χ2v) is 11.5. The van der Waals surface area contributed by atoms with Crippen molar-refractivity contribution in [1.29, 1.82) is 0 Å². The number of hydrogen-bond acceptors (Lipinski definition) is 6. The molecule has 9 heteroatoms. The van der Waals surface area contributed by atoms with Gasteiger partial charge in [-0.3, -0.25) is 14.5 Å². The van der Waals surface area contributed by atoms with Crippen molar-refractivity contribution in [2.75, 3.05) is 17.3 Å². The average Bonchev–Trinajstić information content (AvgIpc) is 3.01. The lowest BCUT2D eigenvalue weighted by molar-refractivity contribution is -0.116. The number of amides is 2. The molecule has 4 aromatic carbocycles. The summed E-state index contributed by atoms with van der Waals surface area (Å²) in [6.45, 7) is 7.03. The molecule has 0 aliphatic rings. The van der Waals surface area contributed by atoms with E-state index in [1.165, 1.54) is 18.9 Å². The molecule has 4 rings (SSSR count). The van der Waals surface area contributed by atoms with Crippen LogP contribution in [-0.2, 0) is 20.7 Å². The van der Waals surface area contributed by atoms with Gasteiger partial charge in [-0.25, -0.2) is 9.59 Å². The number of carboxylic acids is 1. The van der Waals surface area contributed by atoms with Gasteiger partial charge in [-0.2, -0.15) is 0 Å². The van der Waals surface area contributed by atoms with Crippen molar-refractivity contribution in [2.45, 2.75) is 39.7 Å². The number of carbonyl (C=O) groups is 4. The summed E-state index contributed by atoms with van der Waals surface area (Å²) >= 11 is 0. The molecule has 0 radical (unpaired) electrons. The molecule has 0 bridgehead atoms. The first-order chi connectivity index (χ1) is 21.8. The predicted molar refractivity (Wildman–Crippen MR) is 179 cm³/mol. The van der Waals surface area contributed by atoms with Crippen LogP contribution in [0.4, 0.5) is 17.1 Å². The van der Waals surface area contributed by atoms with Gasteiger partial charge < -0.3 is 19.9 Å². The minimum absolute atomic E-state index is 0.0905. The smallest absolute Gasteiger partial charge is 0.339 e. The van der Waals surface area contributed by atoms with Crippen molar-refractivity contribution in [3.8, 4) is 5.75 Å². The van der Waals surface area contributed by atoms with Crippen LogP contribution in [-0.4, -0.2) is 41.6 Å². The Morgan fingerprint density at radius 2 is 1.37 bits per heavy atom. The number of rotatable bonds is 10. The summed E-state index contributed by atoms with van der Waals surface area (Å²) < 4.78 is 10.5. The van der Waals surface area contributed by atoms with E-state index in [0.717, 1.165) is 11.1 Å². The number of nitrogens with one attached hydrogen (secondary N) is 1. The molecule has 9 nitrogen and oxygen atoms in total. The molecule has 0 fully saturated rings. The zero-order valence-corrected chi connectivity index (χ0v) is 26.4. The molecule has 0 unspecified atom stereocenters. The van der Waals surface area contributed by atoms with Gasteiger partial charge in [0.15, 0.2) is 0 Å². The van der Waals surface area contributed by atoms with Crippen LogP contribution in [0.2, 0.25) is 0 Å². The number of hydrogen-bond donors (Lipinski definition) is 2. The summed E-state index contributed by atoms with van der Waals surface area (Å²) in [4.78, 5) is 50.2. The highest BCUT2D eigenvalue weighted by molar-refractivity contribution is 6.00. The second-order valence-electron chi connectivity index (χ2n) is 11.5. The fraction of sp³-hybridized carbons (Fsp3) is 0.189. The largest absolute Gasteiger partial charge is 0.487 e. The second kappa shape index (κ2) is 14.4. The highest BCUT2D eigenvalue weighted by Gasteiger charge is 2.19. The third-order valence-corrected chi connectivity index (χ3v) is 6.73. The molecule has 0 saturated carbocycles. The lowest BCUT2D eigenvalue weighted by Gasteiger charge is -2.22. The highest BCUT2D eigenvalue weighted by atomic mass is 16.5. The van der Waals surface area contributed by atoms with E-state index in [4.69, 9.17) is 9.47 Å². The molecule has 236 valence electrons. The van der Waals surface area contributed by atoms with Gasteiger partial charge in [-0.1, -0.05) is 42.5 Å². The topological polar surface area (TPSA) is 122 Å². The molecule has 0 saturated heterocycles. The summed E-state index contributed by atoms with van der Waals surface area (Å²) in [5.41, 5.74) is 4.15. The number of ether oxygens (including phenoxy) is 2. The number of aromatic carboxylic acids is 1. The highest BCUT2D eigenvalue weighted by Crippen LogP contribution is 2.28. The minimum Gasteiger partial charge on any atom is -0.487 e. The van der Waals surface area contributed by atoms with Gasteiger partial charge in [-0.15, -0.1) is 0 Å². The van der Waals surface area contributed by atoms with Crippen molar-refractivity contribution in [3.63, 3.8) is 0 Å². The van der Waals surface area contributed by atoms with Gasteiger partial charge in [0.1, 0.15) is 16.9 Å². The summed E-state index contributed by atoms with van der Waals surface area (Å²) in [6, 6.07) is 26.0. The average molecular weight is 621 g/mol. The zero-order chi connectivity index (χ0) is 33.4. The summed E-state index contributed by atoms with van der Waals surface area (Å²) in [5.74, 6) is -1.61. The SMILES string of the molecule is COC(=O)c1ccc(N(C(C)=O)c2ccc(CC(=O)Nc3ccc(C=Cc4ccc(OC(C)(C)C)c(C(=O)O)c4)cc3)cc2)cc1. The van der Waals surface area contributed by atoms with Crippen LogP contribution in [0.1, 0.15) is 65.1 Å². The summed E-state index contributed by atoms with van der Waals surface area (Å²) in [6.07, 6.45) is 3.81.